The standard InChI is InChI=1S/C18H24N2O5/c1-10(2)15(17(23)20-9-5-7-13(20)18(24)25)19-16(22)12-6-4-8-14(21)11(12)3/h4,6,8,10,13,15,21H,5,7,9H2,1-3H3,(H,19,22)(H,24,25)/t13-,15-/m0/s1. The van der Waals surface area contributed by atoms with Crippen LogP contribution in [0.2, 0.25) is 0 Å². The number of aromatic hydroxyl groups is 1. The quantitative estimate of drug-likeness (QED) is 0.748. The number of carbonyl (C=O) groups is 3. The van der Waals surface area contributed by atoms with Crippen molar-refractivity contribution in [2.24, 2.45) is 5.92 Å². The summed E-state index contributed by atoms with van der Waals surface area (Å²) in [6.07, 6.45) is 1.05. The van der Waals surface area contributed by atoms with Crippen LogP contribution in [0.5, 0.6) is 5.75 Å². The minimum Gasteiger partial charge on any atom is -0.508 e. The predicted molar refractivity (Wildman–Crippen MR) is 91.3 cm³/mol. The van der Waals surface area contributed by atoms with Crippen LogP contribution in [0, 0.1) is 12.8 Å². The molecule has 0 unspecified atom stereocenters. The van der Waals surface area contributed by atoms with Crippen LogP contribution in [0.15, 0.2) is 18.2 Å². The highest BCUT2D eigenvalue weighted by Crippen LogP contribution is 2.22. The van der Waals surface area contributed by atoms with Crippen molar-refractivity contribution in [3.63, 3.8) is 0 Å². The van der Waals surface area contributed by atoms with Gasteiger partial charge in [-0.2, -0.15) is 0 Å². The van der Waals surface area contributed by atoms with Crippen molar-refractivity contribution < 1.29 is 24.6 Å². The Morgan fingerprint density at radius 3 is 2.56 bits per heavy atom. The smallest absolute Gasteiger partial charge is 0.326 e. The van der Waals surface area contributed by atoms with Gasteiger partial charge >= 0.3 is 5.97 Å². The number of nitrogens with one attached hydrogen (secondary N) is 1. The number of likely N-dealkylation sites (tertiary alicyclic amines) is 1. The third-order valence-electron chi connectivity index (χ3n) is 4.59. The molecule has 1 heterocycles. The van der Waals surface area contributed by atoms with Crippen molar-refractivity contribution in [3.8, 4) is 5.75 Å². The second-order valence-electron chi connectivity index (χ2n) is 6.67. The lowest BCUT2D eigenvalue weighted by Gasteiger charge is -2.29. The number of carboxylic acids is 1. The van der Waals surface area contributed by atoms with Gasteiger partial charge in [-0.05, 0) is 37.8 Å². The molecule has 1 saturated heterocycles. The number of carbonyl (C=O) groups excluding carboxylic acids is 2. The first kappa shape index (κ1) is 18.8. The van der Waals surface area contributed by atoms with E-state index < -0.39 is 24.0 Å². The van der Waals surface area contributed by atoms with Crippen LogP contribution in [-0.2, 0) is 9.59 Å². The first-order chi connectivity index (χ1) is 11.7. The number of rotatable bonds is 5. The number of aliphatic carboxylic acids is 1. The summed E-state index contributed by atoms with van der Waals surface area (Å²) in [6.45, 7) is 5.59. The van der Waals surface area contributed by atoms with E-state index in [9.17, 15) is 24.6 Å². The average molecular weight is 348 g/mol. The molecule has 1 aromatic rings. The van der Waals surface area contributed by atoms with Crippen LogP contribution < -0.4 is 5.32 Å². The Balaban J connectivity index is 2.21. The van der Waals surface area contributed by atoms with Crippen LogP contribution in [0.1, 0.15) is 42.6 Å². The van der Waals surface area contributed by atoms with Gasteiger partial charge in [0, 0.05) is 17.7 Å². The minimum atomic E-state index is -1.02. The van der Waals surface area contributed by atoms with Crippen molar-refractivity contribution in [1.29, 1.82) is 0 Å². The molecule has 1 aliphatic heterocycles. The van der Waals surface area contributed by atoms with Gasteiger partial charge in [0.15, 0.2) is 0 Å². The molecular weight excluding hydrogens is 324 g/mol. The van der Waals surface area contributed by atoms with E-state index in [2.05, 4.69) is 5.32 Å². The topological polar surface area (TPSA) is 107 Å². The number of benzene rings is 1. The van der Waals surface area contributed by atoms with Gasteiger partial charge in [-0.1, -0.05) is 19.9 Å². The largest absolute Gasteiger partial charge is 0.508 e. The van der Waals surface area contributed by atoms with Crippen LogP contribution in [0.25, 0.3) is 0 Å². The summed E-state index contributed by atoms with van der Waals surface area (Å²) in [6, 6.07) is 2.95. The molecule has 0 spiro atoms. The summed E-state index contributed by atoms with van der Waals surface area (Å²) in [4.78, 5) is 38.0. The summed E-state index contributed by atoms with van der Waals surface area (Å²) in [5, 5.41) is 21.7. The fraction of sp³-hybridized carbons (Fsp3) is 0.500. The summed E-state index contributed by atoms with van der Waals surface area (Å²) >= 11 is 0. The number of amides is 2. The van der Waals surface area contributed by atoms with Crippen molar-refractivity contribution in [2.75, 3.05) is 6.54 Å². The monoisotopic (exact) mass is 348 g/mol. The molecule has 1 fully saturated rings. The molecule has 0 saturated carbocycles. The van der Waals surface area contributed by atoms with Gasteiger partial charge in [0.1, 0.15) is 17.8 Å². The zero-order valence-corrected chi connectivity index (χ0v) is 14.7. The summed E-state index contributed by atoms with van der Waals surface area (Å²) < 4.78 is 0. The van der Waals surface area contributed by atoms with Crippen LogP contribution >= 0.6 is 0 Å². The Hall–Kier alpha value is -2.57. The molecule has 1 aliphatic rings. The molecule has 136 valence electrons. The molecule has 0 aliphatic carbocycles. The molecule has 0 aromatic heterocycles. The molecule has 0 bridgehead atoms. The number of hydrogen-bond acceptors (Lipinski definition) is 4. The molecule has 2 rings (SSSR count). The Kier molecular flexibility index (Phi) is 5.66. The Labute approximate surface area is 146 Å². The third-order valence-corrected chi connectivity index (χ3v) is 4.59. The minimum absolute atomic E-state index is 0.00515. The fourth-order valence-corrected chi connectivity index (χ4v) is 3.07. The maximum atomic E-state index is 12.8. The van der Waals surface area contributed by atoms with E-state index in [0.717, 1.165) is 0 Å². The zero-order valence-electron chi connectivity index (χ0n) is 14.7. The summed E-state index contributed by atoms with van der Waals surface area (Å²) in [7, 11) is 0. The van der Waals surface area contributed by atoms with Gasteiger partial charge in [-0.25, -0.2) is 4.79 Å². The summed E-state index contributed by atoms with van der Waals surface area (Å²) in [5.74, 6) is -2.07. The van der Waals surface area contributed by atoms with E-state index in [1.165, 1.54) is 11.0 Å². The Bertz CT molecular complexity index is 686. The first-order valence-electron chi connectivity index (χ1n) is 8.36. The van der Waals surface area contributed by atoms with Gasteiger partial charge < -0.3 is 20.4 Å². The van der Waals surface area contributed by atoms with E-state index >= 15 is 0 Å². The molecule has 2 amide bonds. The lowest BCUT2D eigenvalue weighted by atomic mass is 10.0. The number of phenolic OH excluding ortho intramolecular Hbond substituents is 1. The van der Waals surface area contributed by atoms with E-state index in [4.69, 9.17) is 0 Å². The second kappa shape index (κ2) is 7.55. The average Bonchev–Trinajstić information content (AvgIpc) is 3.04. The summed E-state index contributed by atoms with van der Waals surface area (Å²) in [5.41, 5.74) is 0.717. The molecule has 3 N–H and O–H groups in total. The van der Waals surface area contributed by atoms with Crippen molar-refractivity contribution in [1.82, 2.24) is 10.2 Å². The molecule has 1 aromatic carbocycles. The highest BCUT2D eigenvalue weighted by Gasteiger charge is 2.38. The van der Waals surface area contributed by atoms with Crippen molar-refractivity contribution >= 4 is 17.8 Å². The van der Waals surface area contributed by atoms with Gasteiger partial charge in [-0.15, -0.1) is 0 Å². The Morgan fingerprint density at radius 2 is 1.96 bits per heavy atom. The lowest BCUT2D eigenvalue weighted by Crippen LogP contribution is -2.53. The zero-order chi connectivity index (χ0) is 18.7. The molecule has 0 radical (unpaired) electrons. The highest BCUT2D eigenvalue weighted by molar-refractivity contribution is 5.99. The van der Waals surface area contributed by atoms with Gasteiger partial charge in [0.2, 0.25) is 5.91 Å². The maximum absolute atomic E-state index is 12.8. The number of nitrogens with zero attached hydrogens (tertiary/aromatic N) is 1. The van der Waals surface area contributed by atoms with Crippen molar-refractivity contribution in [2.45, 2.75) is 45.7 Å². The van der Waals surface area contributed by atoms with Gasteiger partial charge in [0.25, 0.3) is 5.91 Å². The van der Waals surface area contributed by atoms with E-state index in [1.54, 1.807) is 32.9 Å². The fourth-order valence-electron chi connectivity index (χ4n) is 3.07. The van der Waals surface area contributed by atoms with Crippen molar-refractivity contribution in [3.05, 3.63) is 29.3 Å². The second-order valence-corrected chi connectivity index (χ2v) is 6.67. The van der Waals surface area contributed by atoms with Crippen LogP contribution in [-0.4, -0.2) is 51.5 Å². The normalized spacial score (nSPS) is 18.2. The Morgan fingerprint density at radius 1 is 1.28 bits per heavy atom. The van der Waals surface area contributed by atoms with Crippen LogP contribution in [0.3, 0.4) is 0 Å². The van der Waals surface area contributed by atoms with E-state index in [-0.39, 0.29) is 23.1 Å². The van der Waals surface area contributed by atoms with E-state index in [0.29, 0.717) is 24.9 Å². The first-order valence-corrected chi connectivity index (χ1v) is 8.36. The van der Waals surface area contributed by atoms with Gasteiger partial charge in [0.05, 0.1) is 0 Å². The molecule has 7 nitrogen and oxygen atoms in total. The number of carboxylic acid groups (broad SMARTS) is 1. The van der Waals surface area contributed by atoms with E-state index in [1.807, 2.05) is 0 Å². The molecule has 25 heavy (non-hydrogen) atoms. The predicted octanol–water partition coefficient (Wildman–Crippen LogP) is 1.53. The SMILES string of the molecule is Cc1c(O)cccc1C(=O)N[C@H](C(=O)N1CCC[C@H]1C(=O)O)C(C)C. The number of hydrogen-bond donors (Lipinski definition) is 3. The van der Waals surface area contributed by atoms with Crippen LogP contribution in [0.4, 0.5) is 0 Å². The highest BCUT2D eigenvalue weighted by atomic mass is 16.4. The number of phenols is 1. The van der Waals surface area contributed by atoms with Gasteiger partial charge in [-0.3, -0.25) is 9.59 Å². The molecular formula is C18H24N2O5. The third kappa shape index (κ3) is 3.92. The lowest BCUT2D eigenvalue weighted by molar-refractivity contribution is -0.149. The molecule has 2 atom stereocenters. The maximum Gasteiger partial charge on any atom is 0.326 e. The molecule has 7 heteroatoms.